The van der Waals surface area contributed by atoms with Crippen LogP contribution in [0.2, 0.25) is 0 Å². The van der Waals surface area contributed by atoms with E-state index in [9.17, 15) is 9.59 Å². The maximum absolute atomic E-state index is 11.9. The molecule has 21 heavy (non-hydrogen) atoms. The Morgan fingerprint density at radius 3 is 2.57 bits per heavy atom. The van der Waals surface area contributed by atoms with Crippen LogP contribution in [-0.4, -0.2) is 16.8 Å². The van der Waals surface area contributed by atoms with E-state index in [-0.39, 0.29) is 5.78 Å². The molecular formula is C15H14BrN3O2. The Morgan fingerprint density at radius 1 is 1.14 bits per heavy atom. The molecule has 2 N–H and O–H groups in total. The summed E-state index contributed by atoms with van der Waals surface area (Å²) in [6.07, 6.45) is 0. The van der Waals surface area contributed by atoms with E-state index >= 15 is 0 Å². The molecule has 0 saturated carbocycles. The minimum absolute atomic E-state index is 0.0516. The van der Waals surface area contributed by atoms with Crippen LogP contribution in [0, 0.1) is 6.92 Å². The van der Waals surface area contributed by atoms with E-state index in [1.54, 1.807) is 30.3 Å². The minimum atomic E-state index is -0.412. The number of halogens is 1. The second-order valence-electron chi connectivity index (χ2n) is 4.48. The zero-order valence-corrected chi connectivity index (χ0v) is 13.2. The standard InChI is InChI=1S/C15H14BrN3O2/c1-9-13(16)6-7-14(17-9)19-15(21)18-12-5-3-4-11(8-12)10(2)20/h3-8H,1-2H3,(H2,17,18,19,21). The largest absolute Gasteiger partial charge is 0.324 e. The zero-order chi connectivity index (χ0) is 15.4. The van der Waals surface area contributed by atoms with E-state index in [1.165, 1.54) is 6.92 Å². The van der Waals surface area contributed by atoms with Crippen molar-refractivity contribution in [2.45, 2.75) is 13.8 Å². The first-order valence-electron chi connectivity index (χ1n) is 6.28. The molecular weight excluding hydrogens is 334 g/mol. The second kappa shape index (κ2) is 6.49. The molecule has 0 radical (unpaired) electrons. The molecule has 0 atom stereocenters. The molecule has 5 nitrogen and oxygen atoms in total. The fraction of sp³-hybridized carbons (Fsp3) is 0.133. The molecule has 0 aliphatic heterocycles. The van der Waals surface area contributed by atoms with Crippen LogP contribution in [0.3, 0.4) is 0 Å². The molecule has 1 aromatic heterocycles. The number of benzene rings is 1. The first-order valence-corrected chi connectivity index (χ1v) is 7.07. The van der Waals surface area contributed by atoms with Gasteiger partial charge >= 0.3 is 6.03 Å². The van der Waals surface area contributed by atoms with Crippen molar-refractivity contribution in [1.29, 1.82) is 0 Å². The number of hydrogen-bond donors (Lipinski definition) is 2. The summed E-state index contributed by atoms with van der Waals surface area (Å²) < 4.78 is 0.877. The fourth-order valence-electron chi connectivity index (χ4n) is 1.71. The van der Waals surface area contributed by atoms with Crippen molar-refractivity contribution >= 4 is 39.2 Å². The van der Waals surface area contributed by atoms with Gasteiger partial charge in [0.25, 0.3) is 0 Å². The smallest absolute Gasteiger partial charge is 0.308 e. The van der Waals surface area contributed by atoms with Crippen LogP contribution in [0.15, 0.2) is 40.9 Å². The monoisotopic (exact) mass is 347 g/mol. The van der Waals surface area contributed by atoms with Crippen molar-refractivity contribution in [3.63, 3.8) is 0 Å². The summed E-state index contributed by atoms with van der Waals surface area (Å²) in [5.41, 5.74) is 1.88. The van der Waals surface area contributed by atoms with Crippen molar-refractivity contribution in [1.82, 2.24) is 4.98 Å². The lowest BCUT2D eigenvalue weighted by atomic mass is 10.1. The third-order valence-electron chi connectivity index (χ3n) is 2.79. The number of amides is 2. The second-order valence-corrected chi connectivity index (χ2v) is 5.33. The van der Waals surface area contributed by atoms with Crippen molar-refractivity contribution in [3.05, 3.63) is 52.1 Å². The van der Waals surface area contributed by atoms with Crippen LogP contribution in [0.1, 0.15) is 23.0 Å². The van der Waals surface area contributed by atoms with Crippen LogP contribution >= 0.6 is 15.9 Å². The maximum atomic E-state index is 11.9. The van der Waals surface area contributed by atoms with Crippen LogP contribution in [0.4, 0.5) is 16.3 Å². The number of urea groups is 1. The normalized spacial score (nSPS) is 10.0. The highest BCUT2D eigenvalue weighted by atomic mass is 79.9. The van der Waals surface area contributed by atoms with Gasteiger partial charge in [0.05, 0.1) is 5.69 Å². The van der Waals surface area contributed by atoms with Crippen LogP contribution < -0.4 is 10.6 Å². The summed E-state index contributed by atoms with van der Waals surface area (Å²) in [4.78, 5) is 27.4. The third-order valence-corrected chi connectivity index (χ3v) is 3.63. The number of nitrogens with one attached hydrogen (secondary N) is 2. The number of pyridine rings is 1. The van der Waals surface area contributed by atoms with Gasteiger partial charge in [0.2, 0.25) is 0 Å². The Kier molecular flexibility index (Phi) is 4.70. The van der Waals surface area contributed by atoms with E-state index in [2.05, 4.69) is 31.5 Å². The summed E-state index contributed by atoms with van der Waals surface area (Å²) in [6, 6.07) is 9.86. The van der Waals surface area contributed by atoms with Gasteiger partial charge in [-0.05, 0) is 54.0 Å². The van der Waals surface area contributed by atoms with Crippen molar-refractivity contribution in [3.8, 4) is 0 Å². The zero-order valence-electron chi connectivity index (χ0n) is 11.6. The number of rotatable bonds is 3. The molecule has 0 bridgehead atoms. The van der Waals surface area contributed by atoms with Crippen LogP contribution in [-0.2, 0) is 0 Å². The number of Topliss-reactive ketones (excluding diaryl/α,β-unsaturated/α-hetero) is 1. The average molecular weight is 348 g/mol. The Morgan fingerprint density at radius 2 is 1.90 bits per heavy atom. The highest BCUT2D eigenvalue weighted by Gasteiger charge is 2.06. The van der Waals surface area contributed by atoms with E-state index < -0.39 is 6.03 Å². The van der Waals surface area contributed by atoms with E-state index in [1.807, 2.05) is 13.0 Å². The number of aromatic nitrogens is 1. The molecule has 1 aromatic carbocycles. The molecule has 0 fully saturated rings. The predicted molar refractivity (Wildman–Crippen MR) is 85.8 cm³/mol. The number of ketones is 1. The van der Waals surface area contributed by atoms with E-state index in [4.69, 9.17) is 0 Å². The quantitative estimate of drug-likeness (QED) is 0.824. The highest BCUT2D eigenvalue weighted by molar-refractivity contribution is 9.10. The summed E-state index contributed by atoms with van der Waals surface area (Å²) in [7, 11) is 0. The van der Waals surface area contributed by atoms with Gasteiger partial charge in [-0.15, -0.1) is 0 Å². The molecule has 0 unspecified atom stereocenters. The van der Waals surface area contributed by atoms with Crippen LogP contribution in [0.25, 0.3) is 0 Å². The van der Waals surface area contributed by atoms with Gasteiger partial charge in [-0.3, -0.25) is 10.1 Å². The lowest BCUT2D eigenvalue weighted by Crippen LogP contribution is -2.20. The first-order chi connectivity index (χ1) is 9.95. The van der Waals surface area contributed by atoms with Gasteiger partial charge in [0.1, 0.15) is 5.82 Å². The van der Waals surface area contributed by atoms with Gasteiger partial charge in [-0.2, -0.15) is 0 Å². The Labute approximate surface area is 130 Å². The summed E-state index contributed by atoms with van der Waals surface area (Å²) >= 11 is 3.35. The number of nitrogens with zero attached hydrogens (tertiary/aromatic N) is 1. The van der Waals surface area contributed by atoms with Crippen molar-refractivity contribution in [2.75, 3.05) is 10.6 Å². The molecule has 1 heterocycles. The number of aryl methyl sites for hydroxylation is 1. The summed E-state index contributed by atoms with van der Waals surface area (Å²) in [5.74, 6) is 0.403. The molecule has 6 heteroatoms. The molecule has 2 amide bonds. The molecule has 108 valence electrons. The Balaban J connectivity index is 2.06. The van der Waals surface area contributed by atoms with Gasteiger partial charge in [-0.25, -0.2) is 9.78 Å². The fourth-order valence-corrected chi connectivity index (χ4v) is 1.93. The maximum Gasteiger partial charge on any atom is 0.324 e. The Bertz CT molecular complexity index is 701. The lowest BCUT2D eigenvalue weighted by molar-refractivity contribution is 0.101. The third kappa shape index (κ3) is 4.13. The molecule has 2 rings (SSSR count). The average Bonchev–Trinajstić information content (AvgIpc) is 2.43. The van der Waals surface area contributed by atoms with E-state index in [0.29, 0.717) is 17.1 Å². The topological polar surface area (TPSA) is 71.1 Å². The number of carbonyl (C=O) groups excluding carboxylic acids is 2. The summed E-state index contributed by atoms with van der Waals surface area (Å²) in [6.45, 7) is 3.32. The van der Waals surface area contributed by atoms with Gasteiger partial charge in [0, 0.05) is 15.7 Å². The minimum Gasteiger partial charge on any atom is -0.308 e. The number of hydrogen-bond acceptors (Lipinski definition) is 3. The van der Waals surface area contributed by atoms with Crippen molar-refractivity contribution in [2.24, 2.45) is 0 Å². The van der Waals surface area contributed by atoms with Gasteiger partial charge in [0.15, 0.2) is 5.78 Å². The molecule has 0 aliphatic rings. The summed E-state index contributed by atoms with van der Waals surface area (Å²) in [5, 5.41) is 5.31. The van der Waals surface area contributed by atoms with Gasteiger partial charge < -0.3 is 5.32 Å². The van der Waals surface area contributed by atoms with Crippen LogP contribution in [0.5, 0.6) is 0 Å². The number of anilines is 2. The first kappa shape index (κ1) is 15.2. The molecule has 0 spiro atoms. The SMILES string of the molecule is CC(=O)c1cccc(NC(=O)Nc2ccc(Br)c(C)n2)c1. The van der Waals surface area contributed by atoms with E-state index in [0.717, 1.165) is 10.2 Å². The number of carbonyl (C=O) groups is 2. The lowest BCUT2D eigenvalue weighted by Gasteiger charge is -2.08. The molecule has 0 saturated heterocycles. The van der Waals surface area contributed by atoms with Gasteiger partial charge in [-0.1, -0.05) is 12.1 Å². The highest BCUT2D eigenvalue weighted by Crippen LogP contribution is 2.17. The molecule has 2 aromatic rings. The van der Waals surface area contributed by atoms with Crippen molar-refractivity contribution < 1.29 is 9.59 Å². The molecule has 0 aliphatic carbocycles. The predicted octanol–water partition coefficient (Wildman–Crippen LogP) is 4.00. The Hall–Kier alpha value is -2.21.